The van der Waals surface area contributed by atoms with Crippen molar-refractivity contribution in [3.8, 4) is 0 Å². The van der Waals surface area contributed by atoms with Crippen molar-refractivity contribution in [1.82, 2.24) is 0 Å². The van der Waals surface area contributed by atoms with Gasteiger partial charge in [0.05, 0.1) is 12.7 Å². The van der Waals surface area contributed by atoms with Crippen molar-refractivity contribution in [3.05, 3.63) is 23.3 Å². The van der Waals surface area contributed by atoms with Gasteiger partial charge in [0.25, 0.3) is 0 Å². The fourth-order valence-electron chi connectivity index (χ4n) is 3.04. The van der Waals surface area contributed by atoms with E-state index in [4.69, 9.17) is 4.74 Å². The number of methoxy groups -OCH3 is 1. The Hall–Kier alpha value is -1.05. The number of fused-ring (bicyclic) bond motifs is 1. The molecule has 0 aliphatic heterocycles. The van der Waals surface area contributed by atoms with E-state index in [-0.39, 0.29) is 11.4 Å². The van der Waals surface area contributed by atoms with E-state index in [1.165, 1.54) is 12.7 Å². The molecular formula is C14H20O2. The first-order chi connectivity index (χ1) is 7.43. The number of carbonyl (C=O) groups is 1. The monoisotopic (exact) mass is 220 g/mol. The molecule has 0 unspecified atom stereocenters. The molecule has 0 fully saturated rings. The highest BCUT2D eigenvalue weighted by molar-refractivity contribution is 5.94. The van der Waals surface area contributed by atoms with E-state index in [1.54, 1.807) is 0 Å². The Bertz CT molecular complexity index is 374. The van der Waals surface area contributed by atoms with Crippen molar-refractivity contribution < 1.29 is 9.53 Å². The van der Waals surface area contributed by atoms with Crippen molar-refractivity contribution in [2.24, 2.45) is 17.3 Å². The highest BCUT2D eigenvalue weighted by Gasteiger charge is 2.38. The van der Waals surface area contributed by atoms with Crippen LogP contribution in [0.2, 0.25) is 0 Å². The van der Waals surface area contributed by atoms with E-state index in [9.17, 15) is 4.79 Å². The Morgan fingerprint density at radius 1 is 1.50 bits per heavy atom. The third kappa shape index (κ3) is 1.93. The quantitative estimate of drug-likeness (QED) is 0.635. The molecule has 0 saturated carbocycles. The van der Waals surface area contributed by atoms with Crippen LogP contribution in [0.1, 0.15) is 33.6 Å². The molecule has 0 amide bonds. The Morgan fingerprint density at radius 2 is 2.19 bits per heavy atom. The van der Waals surface area contributed by atoms with E-state index in [2.05, 4.69) is 32.9 Å². The molecule has 2 aliphatic carbocycles. The fraction of sp³-hybridized carbons (Fsp3) is 0.643. The molecule has 0 spiro atoms. The zero-order valence-corrected chi connectivity index (χ0v) is 10.5. The standard InChI is InChI=1S/C14H20O2/c1-9-5-10-7-14(2,3)8-12(10)11(6-9)13(15)16-4/h6,8-10H,5,7H2,1-4H3/t9-,10+/m1/s1. The van der Waals surface area contributed by atoms with Crippen molar-refractivity contribution in [1.29, 1.82) is 0 Å². The third-order valence-corrected chi connectivity index (χ3v) is 3.58. The molecule has 2 rings (SSSR count). The van der Waals surface area contributed by atoms with Crippen molar-refractivity contribution >= 4 is 5.97 Å². The highest BCUT2D eigenvalue weighted by atomic mass is 16.5. The van der Waals surface area contributed by atoms with Crippen LogP contribution in [-0.4, -0.2) is 13.1 Å². The normalized spacial score (nSPS) is 31.5. The van der Waals surface area contributed by atoms with Crippen molar-refractivity contribution in [3.63, 3.8) is 0 Å². The Kier molecular flexibility index (Phi) is 2.69. The van der Waals surface area contributed by atoms with Gasteiger partial charge in [0.2, 0.25) is 0 Å². The summed E-state index contributed by atoms with van der Waals surface area (Å²) in [7, 11) is 1.46. The van der Waals surface area contributed by atoms with Crippen molar-refractivity contribution in [2.45, 2.75) is 33.6 Å². The third-order valence-electron chi connectivity index (χ3n) is 3.58. The van der Waals surface area contributed by atoms with Crippen LogP contribution < -0.4 is 0 Å². The minimum atomic E-state index is -0.180. The van der Waals surface area contributed by atoms with Gasteiger partial charge < -0.3 is 4.74 Å². The summed E-state index contributed by atoms with van der Waals surface area (Å²) < 4.78 is 4.87. The first kappa shape index (κ1) is 11.4. The average molecular weight is 220 g/mol. The largest absolute Gasteiger partial charge is 0.465 e. The summed E-state index contributed by atoms with van der Waals surface area (Å²) in [5, 5.41) is 0. The van der Waals surface area contributed by atoms with Gasteiger partial charge in [-0.15, -0.1) is 0 Å². The Labute approximate surface area is 97.4 Å². The number of carbonyl (C=O) groups excluding carboxylic acids is 1. The van der Waals surface area contributed by atoms with Crippen LogP contribution in [0.25, 0.3) is 0 Å². The molecule has 2 atom stereocenters. The molecule has 0 aromatic heterocycles. The van der Waals surface area contributed by atoms with E-state index in [0.717, 1.165) is 18.4 Å². The lowest BCUT2D eigenvalue weighted by Crippen LogP contribution is -2.19. The number of rotatable bonds is 1. The molecule has 0 heterocycles. The maximum absolute atomic E-state index is 11.7. The molecule has 0 N–H and O–H groups in total. The van der Waals surface area contributed by atoms with Crippen LogP contribution in [0.15, 0.2) is 23.3 Å². The molecule has 88 valence electrons. The summed E-state index contributed by atoms with van der Waals surface area (Å²) in [5.74, 6) is 0.842. The van der Waals surface area contributed by atoms with Crippen LogP contribution in [-0.2, 0) is 9.53 Å². The molecule has 16 heavy (non-hydrogen) atoms. The molecule has 2 heteroatoms. The van der Waals surface area contributed by atoms with Gasteiger partial charge in [0, 0.05) is 0 Å². The molecule has 0 saturated heterocycles. The topological polar surface area (TPSA) is 26.3 Å². The molecule has 0 aromatic carbocycles. The molecule has 0 aromatic rings. The van der Waals surface area contributed by atoms with E-state index >= 15 is 0 Å². The SMILES string of the molecule is COC(=O)C1=C[C@H](C)C[C@H]2CC(C)(C)C=C12. The molecule has 0 radical (unpaired) electrons. The van der Waals surface area contributed by atoms with Crippen molar-refractivity contribution in [2.75, 3.05) is 7.11 Å². The van der Waals surface area contributed by atoms with Gasteiger partial charge in [-0.25, -0.2) is 4.79 Å². The summed E-state index contributed by atoms with van der Waals surface area (Å²) in [6.45, 7) is 6.64. The summed E-state index contributed by atoms with van der Waals surface area (Å²) in [5.41, 5.74) is 2.24. The summed E-state index contributed by atoms with van der Waals surface area (Å²) in [6, 6.07) is 0. The van der Waals surface area contributed by atoms with Gasteiger partial charge in [-0.3, -0.25) is 0 Å². The molecule has 0 bridgehead atoms. The van der Waals surface area contributed by atoms with Crippen LogP contribution in [0.4, 0.5) is 0 Å². The molecule has 2 aliphatic rings. The zero-order chi connectivity index (χ0) is 11.9. The van der Waals surface area contributed by atoms with Crippen LogP contribution >= 0.6 is 0 Å². The number of esters is 1. The minimum Gasteiger partial charge on any atom is -0.465 e. The lowest BCUT2D eigenvalue weighted by Gasteiger charge is -2.26. The van der Waals surface area contributed by atoms with Crippen LogP contribution in [0, 0.1) is 17.3 Å². The molecular weight excluding hydrogens is 200 g/mol. The van der Waals surface area contributed by atoms with Gasteiger partial charge in [-0.1, -0.05) is 32.9 Å². The number of allylic oxidation sites excluding steroid dienone is 2. The van der Waals surface area contributed by atoms with E-state index in [1.807, 2.05) is 0 Å². The lowest BCUT2D eigenvalue weighted by molar-refractivity contribution is -0.136. The van der Waals surface area contributed by atoms with Gasteiger partial charge in [0.1, 0.15) is 0 Å². The molecule has 2 nitrogen and oxygen atoms in total. The number of hydrogen-bond donors (Lipinski definition) is 0. The second kappa shape index (κ2) is 3.76. The second-order valence-electron chi connectivity index (χ2n) is 5.77. The second-order valence-corrected chi connectivity index (χ2v) is 5.77. The Balaban J connectivity index is 2.37. The minimum absolute atomic E-state index is 0.180. The fourth-order valence-corrected chi connectivity index (χ4v) is 3.04. The average Bonchev–Trinajstić information content (AvgIpc) is 2.49. The predicted molar refractivity (Wildman–Crippen MR) is 63.9 cm³/mol. The van der Waals surface area contributed by atoms with Gasteiger partial charge in [-0.05, 0) is 35.7 Å². The van der Waals surface area contributed by atoms with Gasteiger partial charge in [-0.2, -0.15) is 0 Å². The first-order valence-corrected chi connectivity index (χ1v) is 5.96. The Morgan fingerprint density at radius 3 is 2.81 bits per heavy atom. The maximum atomic E-state index is 11.7. The number of hydrogen-bond acceptors (Lipinski definition) is 2. The highest BCUT2D eigenvalue weighted by Crippen LogP contribution is 2.47. The van der Waals surface area contributed by atoms with Gasteiger partial charge >= 0.3 is 5.97 Å². The van der Waals surface area contributed by atoms with E-state index in [0.29, 0.717) is 11.8 Å². The smallest absolute Gasteiger partial charge is 0.337 e. The zero-order valence-electron chi connectivity index (χ0n) is 10.5. The van der Waals surface area contributed by atoms with E-state index < -0.39 is 0 Å². The maximum Gasteiger partial charge on any atom is 0.337 e. The van der Waals surface area contributed by atoms with Gasteiger partial charge in [0.15, 0.2) is 0 Å². The lowest BCUT2D eigenvalue weighted by atomic mass is 9.79. The van der Waals surface area contributed by atoms with Crippen LogP contribution in [0.3, 0.4) is 0 Å². The summed E-state index contributed by atoms with van der Waals surface area (Å²) >= 11 is 0. The summed E-state index contributed by atoms with van der Waals surface area (Å²) in [4.78, 5) is 11.7. The number of ether oxygens (including phenoxy) is 1. The predicted octanol–water partition coefficient (Wildman–Crippen LogP) is 3.10. The van der Waals surface area contributed by atoms with Crippen LogP contribution in [0.5, 0.6) is 0 Å². The summed E-state index contributed by atoms with van der Waals surface area (Å²) in [6.07, 6.45) is 6.64. The first-order valence-electron chi connectivity index (χ1n) is 5.96.